The van der Waals surface area contributed by atoms with E-state index in [0.717, 1.165) is 0 Å². The van der Waals surface area contributed by atoms with E-state index >= 15 is 0 Å². The van der Waals surface area contributed by atoms with Crippen LogP contribution in [-0.4, -0.2) is 13.2 Å². The van der Waals surface area contributed by atoms with Gasteiger partial charge in [0.2, 0.25) is 29.1 Å². The minimum atomic E-state index is -2.20. The number of benzene rings is 1. The normalized spacial score (nSPS) is 10.7. The first kappa shape index (κ1) is 13.7. The lowest BCUT2D eigenvalue weighted by Crippen LogP contribution is -2.09. The predicted octanol–water partition coefficient (Wildman–Crippen LogP) is 2.50. The Bertz CT molecular complexity index is 381. The number of ether oxygens (including phenoxy) is 1. The van der Waals surface area contributed by atoms with E-state index in [0.29, 0.717) is 19.4 Å². The highest BCUT2D eigenvalue weighted by atomic mass is 19.2. The summed E-state index contributed by atoms with van der Waals surface area (Å²) in [5.74, 6) is -11.4. The summed E-state index contributed by atoms with van der Waals surface area (Å²) in [5, 5.41) is 0. The summed E-state index contributed by atoms with van der Waals surface area (Å²) in [4.78, 5) is 0. The second-order valence-electron chi connectivity index (χ2n) is 3.24. The van der Waals surface area contributed by atoms with E-state index in [1.165, 1.54) is 0 Å². The van der Waals surface area contributed by atoms with Crippen LogP contribution in [0.4, 0.5) is 22.0 Å². The van der Waals surface area contributed by atoms with Crippen LogP contribution in [-0.2, 0) is 0 Å². The van der Waals surface area contributed by atoms with E-state index in [-0.39, 0.29) is 6.61 Å². The third-order valence-corrected chi connectivity index (χ3v) is 2.01. The van der Waals surface area contributed by atoms with Gasteiger partial charge >= 0.3 is 0 Å². The largest absolute Gasteiger partial charge is 0.487 e. The van der Waals surface area contributed by atoms with Crippen molar-refractivity contribution in [2.24, 2.45) is 5.73 Å². The molecule has 0 aliphatic carbocycles. The molecular weight excluding hydrogens is 245 g/mol. The van der Waals surface area contributed by atoms with Crippen molar-refractivity contribution in [3.8, 4) is 5.75 Å². The van der Waals surface area contributed by atoms with Gasteiger partial charge in [0.15, 0.2) is 5.75 Å². The van der Waals surface area contributed by atoms with E-state index in [1.807, 2.05) is 0 Å². The van der Waals surface area contributed by atoms with Crippen molar-refractivity contribution in [3.63, 3.8) is 0 Å². The summed E-state index contributed by atoms with van der Waals surface area (Å²) in [6, 6.07) is 0. The minimum absolute atomic E-state index is 0.171. The fourth-order valence-electron chi connectivity index (χ4n) is 1.13. The lowest BCUT2D eigenvalue weighted by molar-refractivity contribution is 0.257. The van der Waals surface area contributed by atoms with E-state index in [2.05, 4.69) is 4.74 Å². The third-order valence-electron chi connectivity index (χ3n) is 2.01. The van der Waals surface area contributed by atoms with Gasteiger partial charge in [-0.2, -0.15) is 8.78 Å². The summed E-state index contributed by atoms with van der Waals surface area (Å²) in [6.45, 7) is 0.177. The maximum atomic E-state index is 13.0. The average molecular weight is 255 g/mol. The summed E-state index contributed by atoms with van der Waals surface area (Å²) in [7, 11) is 0. The zero-order valence-electron chi connectivity index (χ0n) is 8.70. The fourth-order valence-corrected chi connectivity index (χ4v) is 1.13. The van der Waals surface area contributed by atoms with E-state index < -0.39 is 34.8 Å². The predicted molar refractivity (Wildman–Crippen MR) is 50.0 cm³/mol. The van der Waals surface area contributed by atoms with Crippen molar-refractivity contribution < 1.29 is 26.7 Å². The first-order valence-electron chi connectivity index (χ1n) is 4.85. The first-order valence-corrected chi connectivity index (χ1v) is 4.85. The molecule has 0 atom stereocenters. The molecule has 0 radical (unpaired) electrons. The molecule has 7 heteroatoms. The highest BCUT2D eigenvalue weighted by Crippen LogP contribution is 2.29. The van der Waals surface area contributed by atoms with Crippen LogP contribution in [0.3, 0.4) is 0 Å². The van der Waals surface area contributed by atoms with Gasteiger partial charge in [-0.25, -0.2) is 13.2 Å². The lowest BCUT2D eigenvalue weighted by Gasteiger charge is -2.09. The second kappa shape index (κ2) is 5.81. The molecule has 0 unspecified atom stereocenters. The number of unbranched alkanes of at least 4 members (excludes halogenated alkanes) is 1. The van der Waals surface area contributed by atoms with Gasteiger partial charge in [0.1, 0.15) is 0 Å². The Morgan fingerprint density at radius 3 is 1.71 bits per heavy atom. The molecule has 0 aliphatic rings. The molecule has 1 aromatic carbocycles. The Morgan fingerprint density at radius 1 is 0.765 bits per heavy atom. The van der Waals surface area contributed by atoms with Crippen molar-refractivity contribution in [1.29, 1.82) is 0 Å². The van der Waals surface area contributed by atoms with Gasteiger partial charge in [0, 0.05) is 0 Å². The van der Waals surface area contributed by atoms with Gasteiger partial charge in [0.05, 0.1) is 6.61 Å². The van der Waals surface area contributed by atoms with Crippen LogP contribution in [0, 0.1) is 29.1 Å². The van der Waals surface area contributed by atoms with Crippen molar-refractivity contribution >= 4 is 0 Å². The van der Waals surface area contributed by atoms with Gasteiger partial charge in [-0.1, -0.05) is 0 Å². The quantitative estimate of drug-likeness (QED) is 0.380. The number of halogens is 5. The molecule has 0 heterocycles. The summed E-state index contributed by atoms with van der Waals surface area (Å²) < 4.78 is 68.7. The Morgan fingerprint density at radius 2 is 1.24 bits per heavy atom. The molecule has 0 saturated heterocycles. The molecule has 0 amide bonds. The van der Waals surface area contributed by atoms with Crippen molar-refractivity contribution in [2.75, 3.05) is 13.2 Å². The number of rotatable bonds is 5. The molecule has 2 N–H and O–H groups in total. The molecule has 17 heavy (non-hydrogen) atoms. The third kappa shape index (κ3) is 2.85. The van der Waals surface area contributed by atoms with E-state index in [1.54, 1.807) is 0 Å². The summed E-state index contributed by atoms with van der Waals surface area (Å²) >= 11 is 0. The molecule has 0 bridgehead atoms. The molecule has 0 saturated carbocycles. The summed E-state index contributed by atoms with van der Waals surface area (Å²) in [6.07, 6.45) is 0.880. The van der Waals surface area contributed by atoms with Crippen LogP contribution in [0.5, 0.6) is 5.75 Å². The van der Waals surface area contributed by atoms with Gasteiger partial charge in [-0.3, -0.25) is 0 Å². The number of hydrogen-bond acceptors (Lipinski definition) is 2. The van der Waals surface area contributed by atoms with Crippen molar-refractivity contribution in [2.45, 2.75) is 12.8 Å². The smallest absolute Gasteiger partial charge is 0.206 e. The zero-order valence-corrected chi connectivity index (χ0v) is 8.70. The maximum Gasteiger partial charge on any atom is 0.206 e. The van der Waals surface area contributed by atoms with Crippen molar-refractivity contribution in [1.82, 2.24) is 0 Å². The van der Waals surface area contributed by atoms with Gasteiger partial charge in [-0.05, 0) is 19.4 Å². The minimum Gasteiger partial charge on any atom is -0.487 e. The van der Waals surface area contributed by atoms with Crippen LogP contribution in [0.2, 0.25) is 0 Å². The Balaban J connectivity index is 2.92. The maximum absolute atomic E-state index is 13.0. The number of nitrogens with two attached hydrogens (primary N) is 1. The average Bonchev–Trinajstić information content (AvgIpc) is 2.33. The highest BCUT2D eigenvalue weighted by molar-refractivity contribution is 5.29. The number of hydrogen-bond donors (Lipinski definition) is 1. The molecule has 96 valence electrons. The van der Waals surface area contributed by atoms with Crippen molar-refractivity contribution in [3.05, 3.63) is 29.1 Å². The zero-order chi connectivity index (χ0) is 13.0. The van der Waals surface area contributed by atoms with E-state index in [9.17, 15) is 22.0 Å². The van der Waals surface area contributed by atoms with Crippen LogP contribution < -0.4 is 10.5 Å². The molecular formula is C10H10F5NO. The van der Waals surface area contributed by atoms with Crippen LogP contribution in [0.25, 0.3) is 0 Å². The molecule has 1 rings (SSSR count). The molecule has 1 aromatic rings. The Hall–Kier alpha value is -1.37. The van der Waals surface area contributed by atoms with Gasteiger partial charge in [0.25, 0.3) is 0 Å². The van der Waals surface area contributed by atoms with Crippen LogP contribution in [0.1, 0.15) is 12.8 Å². The first-order chi connectivity index (χ1) is 8.00. The topological polar surface area (TPSA) is 35.2 Å². The second-order valence-corrected chi connectivity index (χ2v) is 3.24. The van der Waals surface area contributed by atoms with Crippen LogP contribution in [0.15, 0.2) is 0 Å². The molecule has 2 nitrogen and oxygen atoms in total. The Labute approximate surface area is 94.2 Å². The van der Waals surface area contributed by atoms with Gasteiger partial charge in [-0.15, -0.1) is 0 Å². The molecule has 0 aromatic heterocycles. The van der Waals surface area contributed by atoms with Crippen LogP contribution >= 0.6 is 0 Å². The standard InChI is InChI=1S/C10H10F5NO/c11-5-6(12)8(14)10(9(15)7(5)13)17-4-2-1-3-16/h1-4,16H2. The van der Waals surface area contributed by atoms with E-state index in [4.69, 9.17) is 5.73 Å². The van der Waals surface area contributed by atoms with Gasteiger partial charge < -0.3 is 10.5 Å². The highest BCUT2D eigenvalue weighted by Gasteiger charge is 2.26. The lowest BCUT2D eigenvalue weighted by atomic mass is 10.2. The SMILES string of the molecule is NCCCCOc1c(F)c(F)c(F)c(F)c1F. The Kier molecular flexibility index (Phi) is 4.68. The molecule has 0 spiro atoms. The monoisotopic (exact) mass is 255 g/mol. The molecule has 0 fully saturated rings. The molecule has 0 aliphatic heterocycles. The summed E-state index contributed by atoms with van der Waals surface area (Å²) in [5.41, 5.74) is 5.16. The fraction of sp³-hybridized carbons (Fsp3) is 0.400.